The fraction of sp³-hybridized carbons (Fsp3) is 0.294. The van der Waals surface area contributed by atoms with Crippen LogP contribution in [0.3, 0.4) is 0 Å². The van der Waals surface area contributed by atoms with E-state index in [1.54, 1.807) is 0 Å². The highest BCUT2D eigenvalue weighted by Gasteiger charge is 2.14. The summed E-state index contributed by atoms with van der Waals surface area (Å²) in [6, 6.07) is 14.6. The van der Waals surface area contributed by atoms with Crippen molar-refractivity contribution in [2.75, 3.05) is 0 Å². The average molecular weight is 398 g/mol. The first kappa shape index (κ1) is 15.6. The predicted octanol–water partition coefficient (Wildman–Crippen LogP) is 6.03. The largest absolute Gasteiger partial charge is 0.491 e. The lowest BCUT2D eigenvalue weighted by atomic mass is 10.0. The molecule has 0 saturated carbocycles. The third-order valence-electron chi connectivity index (χ3n) is 3.04. The molecule has 0 fully saturated rings. The summed E-state index contributed by atoms with van der Waals surface area (Å²) in [6.07, 6.45) is 0.200. The monoisotopic (exact) mass is 396 g/mol. The predicted molar refractivity (Wildman–Crippen MR) is 91.9 cm³/mol. The van der Waals surface area contributed by atoms with Gasteiger partial charge in [-0.2, -0.15) is 0 Å². The second kappa shape index (κ2) is 6.77. The van der Waals surface area contributed by atoms with Crippen LogP contribution in [0.1, 0.15) is 35.4 Å². The first-order valence-corrected chi connectivity index (χ1v) is 8.35. The summed E-state index contributed by atoms with van der Waals surface area (Å²) < 4.78 is 6.83. The minimum atomic E-state index is 0.171. The highest BCUT2D eigenvalue weighted by atomic mass is 79.9. The molecule has 0 aliphatic heterocycles. The number of alkyl halides is 1. The third-order valence-corrected chi connectivity index (χ3v) is 5.14. The van der Waals surface area contributed by atoms with Gasteiger partial charge in [-0.25, -0.2) is 0 Å². The number of hydrogen-bond acceptors (Lipinski definition) is 1. The second-order valence-electron chi connectivity index (χ2n) is 5.08. The molecule has 0 radical (unpaired) electrons. The van der Waals surface area contributed by atoms with Crippen LogP contribution in [0.4, 0.5) is 0 Å². The van der Waals surface area contributed by atoms with Gasteiger partial charge in [0.2, 0.25) is 0 Å². The number of aryl methyl sites for hydroxylation is 1. The van der Waals surface area contributed by atoms with E-state index in [-0.39, 0.29) is 10.9 Å². The zero-order valence-electron chi connectivity index (χ0n) is 11.9. The molecule has 0 spiro atoms. The maximum Gasteiger partial charge on any atom is 0.119 e. The Hall–Kier alpha value is -0.800. The van der Waals surface area contributed by atoms with Gasteiger partial charge in [0.1, 0.15) is 5.75 Å². The molecule has 0 amide bonds. The molecule has 0 saturated heterocycles. The molecule has 0 heterocycles. The van der Waals surface area contributed by atoms with Crippen molar-refractivity contribution < 1.29 is 4.74 Å². The lowest BCUT2D eigenvalue weighted by Crippen LogP contribution is -2.05. The van der Waals surface area contributed by atoms with Gasteiger partial charge in [0.15, 0.2) is 0 Å². The second-order valence-corrected chi connectivity index (χ2v) is 6.78. The van der Waals surface area contributed by atoms with E-state index in [9.17, 15) is 0 Å². The molecule has 3 heteroatoms. The minimum absolute atomic E-state index is 0.171. The molecule has 1 unspecified atom stereocenters. The van der Waals surface area contributed by atoms with Crippen molar-refractivity contribution in [3.63, 3.8) is 0 Å². The molecule has 1 nitrogen and oxygen atoms in total. The van der Waals surface area contributed by atoms with Crippen LogP contribution < -0.4 is 4.74 Å². The molecule has 2 aromatic rings. The van der Waals surface area contributed by atoms with E-state index < -0.39 is 0 Å². The first-order chi connectivity index (χ1) is 9.49. The summed E-state index contributed by atoms with van der Waals surface area (Å²) in [4.78, 5) is 0.171. The SMILES string of the molecule is Cc1cccc(C(Br)c2ccc(OC(C)C)cc2)c1Br. The highest BCUT2D eigenvalue weighted by Crippen LogP contribution is 2.37. The average Bonchev–Trinajstić information content (AvgIpc) is 2.41. The maximum absolute atomic E-state index is 5.67. The van der Waals surface area contributed by atoms with Crippen molar-refractivity contribution >= 4 is 31.9 Å². The van der Waals surface area contributed by atoms with E-state index in [1.807, 2.05) is 26.0 Å². The van der Waals surface area contributed by atoms with Crippen LogP contribution in [0, 0.1) is 6.92 Å². The van der Waals surface area contributed by atoms with Gasteiger partial charge in [0.05, 0.1) is 10.9 Å². The summed E-state index contributed by atoms with van der Waals surface area (Å²) in [5.74, 6) is 0.909. The van der Waals surface area contributed by atoms with E-state index in [4.69, 9.17) is 4.74 Å². The Kier molecular flexibility index (Phi) is 5.28. The molecule has 0 aliphatic carbocycles. The van der Waals surface area contributed by atoms with Gasteiger partial charge < -0.3 is 4.74 Å². The Morgan fingerprint density at radius 3 is 2.25 bits per heavy atom. The molecule has 20 heavy (non-hydrogen) atoms. The van der Waals surface area contributed by atoms with E-state index >= 15 is 0 Å². The van der Waals surface area contributed by atoms with Gasteiger partial charge in [-0.05, 0) is 49.6 Å². The van der Waals surface area contributed by atoms with Crippen LogP contribution in [0.2, 0.25) is 0 Å². The zero-order valence-corrected chi connectivity index (χ0v) is 15.0. The Balaban J connectivity index is 2.25. The molecule has 0 bridgehead atoms. The molecule has 0 N–H and O–H groups in total. The summed E-state index contributed by atoms with van der Waals surface area (Å²) in [5.41, 5.74) is 3.70. The fourth-order valence-corrected chi connectivity index (χ4v) is 3.52. The summed E-state index contributed by atoms with van der Waals surface area (Å²) in [7, 11) is 0. The van der Waals surface area contributed by atoms with Gasteiger partial charge in [-0.3, -0.25) is 0 Å². The maximum atomic E-state index is 5.67. The summed E-state index contributed by atoms with van der Waals surface area (Å²) >= 11 is 7.45. The standard InChI is InChI=1S/C17H18Br2O/c1-11(2)20-14-9-7-13(8-10-14)17(19)15-6-4-5-12(3)16(15)18/h4-11,17H,1-3H3. The lowest BCUT2D eigenvalue weighted by Gasteiger charge is -2.15. The first-order valence-electron chi connectivity index (χ1n) is 6.64. The van der Waals surface area contributed by atoms with Crippen molar-refractivity contribution in [2.24, 2.45) is 0 Å². The topological polar surface area (TPSA) is 9.23 Å². The normalized spacial score (nSPS) is 12.5. The van der Waals surface area contributed by atoms with E-state index in [0.29, 0.717) is 0 Å². The number of benzene rings is 2. The molecule has 2 aromatic carbocycles. The van der Waals surface area contributed by atoms with E-state index in [0.717, 1.165) is 10.2 Å². The highest BCUT2D eigenvalue weighted by molar-refractivity contribution is 9.11. The molecule has 106 valence electrons. The molecule has 2 rings (SSSR count). The number of rotatable bonds is 4. The Labute approximate surface area is 137 Å². The van der Waals surface area contributed by atoms with Crippen molar-refractivity contribution in [1.82, 2.24) is 0 Å². The molecular weight excluding hydrogens is 380 g/mol. The fourth-order valence-electron chi connectivity index (χ4n) is 2.03. The van der Waals surface area contributed by atoms with Crippen LogP contribution in [-0.4, -0.2) is 6.10 Å². The van der Waals surface area contributed by atoms with Crippen LogP contribution in [-0.2, 0) is 0 Å². The minimum Gasteiger partial charge on any atom is -0.491 e. The van der Waals surface area contributed by atoms with Crippen molar-refractivity contribution in [2.45, 2.75) is 31.7 Å². The van der Waals surface area contributed by atoms with E-state index in [2.05, 4.69) is 69.1 Å². The van der Waals surface area contributed by atoms with Crippen molar-refractivity contribution in [1.29, 1.82) is 0 Å². The summed E-state index contributed by atoms with van der Waals surface area (Å²) in [5, 5.41) is 0. The Bertz CT molecular complexity index is 576. The smallest absolute Gasteiger partial charge is 0.119 e. The van der Waals surface area contributed by atoms with Gasteiger partial charge >= 0.3 is 0 Å². The van der Waals surface area contributed by atoms with E-state index in [1.165, 1.54) is 16.7 Å². The summed E-state index contributed by atoms with van der Waals surface area (Å²) in [6.45, 7) is 6.17. The number of ether oxygens (including phenoxy) is 1. The molecule has 0 aromatic heterocycles. The molecule has 0 aliphatic rings. The third kappa shape index (κ3) is 3.64. The molecular formula is C17H18Br2O. The quantitative estimate of drug-likeness (QED) is 0.572. The van der Waals surface area contributed by atoms with Crippen LogP contribution in [0.15, 0.2) is 46.9 Å². The lowest BCUT2D eigenvalue weighted by molar-refractivity contribution is 0.242. The zero-order chi connectivity index (χ0) is 14.7. The number of hydrogen-bond donors (Lipinski definition) is 0. The van der Waals surface area contributed by atoms with Gasteiger partial charge in [-0.1, -0.05) is 62.2 Å². The van der Waals surface area contributed by atoms with Gasteiger partial charge in [0, 0.05) is 4.47 Å². The van der Waals surface area contributed by atoms with Crippen LogP contribution >= 0.6 is 31.9 Å². The molecule has 1 atom stereocenters. The van der Waals surface area contributed by atoms with Crippen LogP contribution in [0.5, 0.6) is 5.75 Å². The van der Waals surface area contributed by atoms with Crippen molar-refractivity contribution in [3.8, 4) is 5.75 Å². The van der Waals surface area contributed by atoms with Crippen LogP contribution in [0.25, 0.3) is 0 Å². The number of halogens is 2. The van der Waals surface area contributed by atoms with Crippen molar-refractivity contribution in [3.05, 3.63) is 63.6 Å². The van der Waals surface area contributed by atoms with Gasteiger partial charge in [-0.15, -0.1) is 0 Å². The Morgan fingerprint density at radius 1 is 1.00 bits per heavy atom. The Morgan fingerprint density at radius 2 is 1.65 bits per heavy atom. The van der Waals surface area contributed by atoms with Gasteiger partial charge in [0.25, 0.3) is 0 Å².